The third-order valence-electron chi connectivity index (χ3n) is 8.75. The van der Waals surface area contributed by atoms with Gasteiger partial charge in [0.1, 0.15) is 11.6 Å². The van der Waals surface area contributed by atoms with Crippen LogP contribution in [0.3, 0.4) is 0 Å². The Labute approximate surface area is 247 Å². The number of carbonyl (C=O) groups is 2. The molecule has 2 aliphatic rings. The number of amides is 2. The van der Waals surface area contributed by atoms with Crippen molar-refractivity contribution in [2.75, 3.05) is 5.75 Å². The minimum absolute atomic E-state index is 0.00410. The minimum atomic E-state index is -0.889. The lowest BCUT2D eigenvalue weighted by atomic mass is 9.62. The summed E-state index contributed by atoms with van der Waals surface area (Å²) < 4.78 is 13.5. The van der Waals surface area contributed by atoms with Crippen LogP contribution in [0, 0.1) is 36.4 Å². The molecule has 41 heavy (non-hydrogen) atoms. The van der Waals surface area contributed by atoms with E-state index in [1.807, 2.05) is 20.8 Å². The first-order chi connectivity index (χ1) is 19.4. The van der Waals surface area contributed by atoms with Gasteiger partial charge in [-0.3, -0.25) is 9.59 Å². The van der Waals surface area contributed by atoms with Gasteiger partial charge in [0.15, 0.2) is 0 Å². The summed E-state index contributed by atoms with van der Waals surface area (Å²) in [5.74, 6) is 0.692. The van der Waals surface area contributed by atoms with E-state index in [1.54, 1.807) is 31.2 Å². The highest BCUT2D eigenvalue weighted by Crippen LogP contribution is 2.47. The highest BCUT2D eigenvalue weighted by molar-refractivity contribution is 7.99. The van der Waals surface area contributed by atoms with Crippen LogP contribution < -0.4 is 10.6 Å². The van der Waals surface area contributed by atoms with Crippen molar-refractivity contribution in [2.24, 2.45) is 23.7 Å². The van der Waals surface area contributed by atoms with Gasteiger partial charge in [0.05, 0.1) is 12.1 Å². The Hall–Kier alpha value is -2.58. The summed E-state index contributed by atoms with van der Waals surface area (Å²) >= 11 is 1.44. The molecule has 0 radical (unpaired) electrons. The van der Waals surface area contributed by atoms with E-state index in [0.29, 0.717) is 35.1 Å². The van der Waals surface area contributed by atoms with Gasteiger partial charge in [-0.2, -0.15) is 0 Å². The molecule has 2 saturated carbocycles. The molecule has 4 rings (SSSR count). The van der Waals surface area contributed by atoms with Crippen LogP contribution in [-0.4, -0.2) is 45.5 Å². The van der Waals surface area contributed by atoms with E-state index in [-0.39, 0.29) is 40.8 Å². The van der Waals surface area contributed by atoms with Gasteiger partial charge in [-0.15, -0.1) is 11.8 Å². The van der Waals surface area contributed by atoms with Crippen LogP contribution in [0.5, 0.6) is 5.75 Å². The lowest BCUT2D eigenvalue weighted by Crippen LogP contribution is -2.51. The molecule has 0 bridgehead atoms. The van der Waals surface area contributed by atoms with Crippen LogP contribution >= 0.6 is 11.8 Å². The number of aliphatic hydroxyl groups excluding tert-OH is 1. The van der Waals surface area contributed by atoms with Gasteiger partial charge in [-0.05, 0) is 101 Å². The van der Waals surface area contributed by atoms with E-state index in [4.69, 9.17) is 0 Å². The van der Waals surface area contributed by atoms with Crippen LogP contribution in [0.4, 0.5) is 4.39 Å². The Morgan fingerprint density at radius 2 is 1.71 bits per heavy atom. The Morgan fingerprint density at radius 3 is 2.37 bits per heavy atom. The Balaban J connectivity index is 1.54. The molecule has 8 heteroatoms. The summed E-state index contributed by atoms with van der Waals surface area (Å²) in [6, 6.07) is 10.3. The highest BCUT2D eigenvalue weighted by atomic mass is 32.2. The zero-order valence-corrected chi connectivity index (χ0v) is 25.5. The van der Waals surface area contributed by atoms with Crippen molar-refractivity contribution < 1.29 is 24.2 Å². The molecule has 0 aromatic heterocycles. The van der Waals surface area contributed by atoms with Crippen molar-refractivity contribution in [1.82, 2.24) is 10.6 Å². The molecule has 0 saturated heterocycles. The molecule has 5 unspecified atom stereocenters. The van der Waals surface area contributed by atoms with Crippen molar-refractivity contribution in [1.29, 1.82) is 0 Å². The van der Waals surface area contributed by atoms with Crippen LogP contribution in [0.25, 0.3) is 0 Å². The number of carbonyl (C=O) groups excluding carboxylic acids is 2. The van der Waals surface area contributed by atoms with Crippen LogP contribution in [-0.2, 0) is 4.79 Å². The molecule has 4 N–H and O–H groups in total. The van der Waals surface area contributed by atoms with Gasteiger partial charge < -0.3 is 20.8 Å². The maximum atomic E-state index is 13.5. The van der Waals surface area contributed by atoms with Crippen molar-refractivity contribution in [3.63, 3.8) is 0 Å². The number of halogens is 1. The fourth-order valence-electron chi connectivity index (χ4n) is 6.58. The molecule has 2 aromatic rings. The molecule has 2 amide bonds. The minimum Gasteiger partial charge on any atom is -0.508 e. The second-order valence-electron chi connectivity index (χ2n) is 13.0. The summed E-state index contributed by atoms with van der Waals surface area (Å²) in [7, 11) is 0. The predicted molar refractivity (Wildman–Crippen MR) is 161 cm³/mol. The number of hydrogen-bond donors (Lipinski definition) is 4. The van der Waals surface area contributed by atoms with E-state index in [2.05, 4.69) is 10.6 Å². The summed E-state index contributed by atoms with van der Waals surface area (Å²) in [6.45, 7) is 7.65. The molecule has 0 aliphatic heterocycles. The molecule has 0 heterocycles. The number of fused-ring (bicyclic) bond motifs is 1. The topological polar surface area (TPSA) is 98.7 Å². The molecule has 2 aliphatic carbocycles. The average molecular weight is 585 g/mol. The molecule has 224 valence electrons. The van der Waals surface area contributed by atoms with Gasteiger partial charge in [-0.25, -0.2) is 4.39 Å². The zero-order chi connectivity index (χ0) is 29.7. The quantitative estimate of drug-likeness (QED) is 0.262. The number of phenols is 1. The third-order valence-corrected chi connectivity index (χ3v) is 9.88. The van der Waals surface area contributed by atoms with Gasteiger partial charge in [0, 0.05) is 33.2 Å². The van der Waals surface area contributed by atoms with Gasteiger partial charge in [0.2, 0.25) is 5.91 Å². The Bertz CT molecular complexity index is 1200. The van der Waals surface area contributed by atoms with Crippen molar-refractivity contribution in [3.8, 4) is 5.75 Å². The predicted octanol–water partition coefficient (Wildman–Crippen LogP) is 6.23. The number of benzene rings is 2. The second kappa shape index (κ2) is 13.6. The lowest BCUT2D eigenvalue weighted by Gasteiger charge is -2.45. The number of thioether (sulfide) groups is 1. The Morgan fingerprint density at radius 1 is 1.05 bits per heavy atom. The van der Waals surface area contributed by atoms with Gasteiger partial charge in [0.25, 0.3) is 5.91 Å². The fraction of sp³-hybridized carbons (Fsp3) is 0.576. The lowest BCUT2D eigenvalue weighted by molar-refractivity contribution is -0.132. The largest absolute Gasteiger partial charge is 0.508 e. The second-order valence-corrected chi connectivity index (χ2v) is 14.1. The summed E-state index contributed by atoms with van der Waals surface area (Å²) in [4.78, 5) is 27.7. The number of nitrogens with one attached hydrogen (secondary N) is 2. The monoisotopic (exact) mass is 584 g/mol. The van der Waals surface area contributed by atoms with E-state index >= 15 is 0 Å². The number of rotatable bonds is 9. The van der Waals surface area contributed by atoms with E-state index in [0.717, 1.165) is 24.2 Å². The van der Waals surface area contributed by atoms with Crippen molar-refractivity contribution in [2.45, 2.75) is 95.2 Å². The summed E-state index contributed by atoms with van der Waals surface area (Å²) in [5, 5.41) is 28.0. The number of aliphatic hydroxyl groups is 1. The molecule has 0 spiro atoms. The molecule has 6 atom stereocenters. The van der Waals surface area contributed by atoms with E-state index < -0.39 is 12.1 Å². The van der Waals surface area contributed by atoms with E-state index in [9.17, 15) is 24.2 Å². The number of hydrogen-bond acceptors (Lipinski definition) is 5. The maximum absolute atomic E-state index is 13.5. The fourth-order valence-corrected chi connectivity index (χ4v) is 7.58. The summed E-state index contributed by atoms with van der Waals surface area (Å²) in [6.07, 6.45) is 6.02. The summed E-state index contributed by atoms with van der Waals surface area (Å²) in [5.41, 5.74) is 0.475. The van der Waals surface area contributed by atoms with E-state index in [1.165, 1.54) is 49.2 Å². The SMILES string of the molecule is Cc1c(O)cccc1C(=O)NC(CSc1ccc(F)cc1)C(O)CC1CC2CCCCC2C[C@H]1C(=O)NC(C)(C)C. The average Bonchev–Trinajstić information content (AvgIpc) is 2.91. The van der Waals surface area contributed by atoms with Crippen LogP contribution in [0.15, 0.2) is 47.4 Å². The molecule has 6 nitrogen and oxygen atoms in total. The molecule has 2 fully saturated rings. The first-order valence-corrected chi connectivity index (χ1v) is 15.9. The number of phenolic OH excluding ortho intramolecular Hbond substituents is 1. The first kappa shape index (κ1) is 31.4. The molecular weight excluding hydrogens is 539 g/mol. The smallest absolute Gasteiger partial charge is 0.252 e. The van der Waals surface area contributed by atoms with Crippen LogP contribution in [0.1, 0.15) is 81.6 Å². The Kier molecular flexibility index (Phi) is 10.4. The maximum Gasteiger partial charge on any atom is 0.252 e. The molecule has 2 aromatic carbocycles. The standard InChI is InChI=1S/C33H45FN2O4S/c1-20-26(10-7-11-29(20)37)31(39)35-28(19-41-25-14-12-24(34)13-15-25)30(38)18-23-16-21-8-5-6-9-22(21)17-27(23)32(40)36-33(2,3)4/h7,10-15,21-23,27-28,30,37-38H,5-6,8-9,16-19H2,1-4H3,(H,35,39)(H,36,40)/t21?,22?,23?,27-,28?,30?/m1/s1. The van der Waals surface area contributed by atoms with Crippen LogP contribution in [0.2, 0.25) is 0 Å². The normalized spacial score (nSPS) is 24.1. The van der Waals surface area contributed by atoms with Gasteiger partial charge in [-0.1, -0.05) is 31.7 Å². The molecular formula is C33H45FN2O4S. The van der Waals surface area contributed by atoms with Crippen molar-refractivity contribution >= 4 is 23.6 Å². The highest BCUT2D eigenvalue weighted by Gasteiger charge is 2.43. The number of aromatic hydroxyl groups is 1. The van der Waals surface area contributed by atoms with Crippen molar-refractivity contribution in [3.05, 3.63) is 59.4 Å². The zero-order valence-electron chi connectivity index (χ0n) is 24.7. The first-order valence-electron chi connectivity index (χ1n) is 14.9. The van der Waals surface area contributed by atoms with Gasteiger partial charge >= 0.3 is 0 Å². The third kappa shape index (κ3) is 8.48.